The van der Waals surface area contributed by atoms with Gasteiger partial charge < -0.3 is 10.1 Å². The zero-order valence-corrected chi connectivity index (χ0v) is 15.3. The first kappa shape index (κ1) is 20.7. The summed E-state index contributed by atoms with van der Waals surface area (Å²) in [5.74, 6) is -0.895. The molecule has 0 radical (unpaired) electrons. The molecule has 30 heavy (non-hydrogen) atoms. The maximum Gasteiger partial charge on any atom is 0.422 e. The molecule has 10 nitrogen and oxygen atoms in total. The van der Waals surface area contributed by atoms with E-state index in [1.807, 2.05) is 0 Å². The number of hydrogen-bond acceptors (Lipinski definition) is 7. The molecule has 0 aliphatic rings. The second-order valence-corrected chi connectivity index (χ2v) is 5.96. The smallest absolute Gasteiger partial charge is 0.422 e. The number of carbonyl (C=O) groups excluding carboxylic acids is 1. The first-order chi connectivity index (χ1) is 14.1. The number of benzene rings is 1. The van der Waals surface area contributed by atoms with E-state index in [1.165, 1.54) is 35.0 Å². The van der Waals surface area contributed by atoms with E-state index < -0.39 is 23.6 Å². The van der Waals surface area contributed by atoms with Crippen molar-refractivity contribution in [1.29, 1.82) is 0 Å². The zero-order chi connectivity index (χ0) is 21.9. The van der Waals surface area contributed by atoms with E-state index >= 15 is 0 Å². The molecule has 0 saturated heterocycles. The highest BCUT2D eigenvalue weighted by molar-refractivity contribution is 6.03. The number of nitrogens with one attached hydrogen (secondary N) is 1. The SMILES string of the molecule is Cc1c(C(=O)Nc2ccc(OCC(F)(F)F)nc2)nnn1-c1cccc([N+](=O)[O-])c1. The molecular weight excluding hydrogens is 409 g/mol. The fraction of sp³-hybridized carbons (Fsp3) is 0.176. The number of alkyl halides is 3. The summed E-state index contributed by atoms with van der Waals surface area (Å²) in [7, 11) is 0. The molecule has 0 unspecified atom stereocenters. The Labute approximate surface area is 166 Å². The first-order valence-corrected chi connectivity index (χ1v) is 8.28. The quantitative estimate of drug-likeness (QED) is 0.478. The number of rotatable bonds is 6. The van der Waals surface area contributed by atoms with Crippen molar-refractivity contribution in [3.8, 4) is 11.6 Å². The highest BCUT2D eigenvalue weighted by Gasteiger charge is 2.28. The Hall–Kier alpha value is -4.03. The Morgan fingerprint density at radius 3 is 2.70 bits per heavy atom. The van der Waals surface area contributed by atoms with E-state index in [1.54, 1.807) is 13.0 Å². The summed E-state index contributed by atoms with van der Waals surface area (Å²) in [5.41, 5.74) is 0.682. The minimum atomic E-state index is -4.49. The Balaban J connectivity index is 1.72. The number of halogens is 3. The lowest BCUT2D eigenvalue weighted by molar-refractivity contribution is -0.384. The van der Waals surface area contributed by atoms with Crippen molar-refractivity contribution in [2.75, 3.05) is 11.9 Å². The van der Waals surface area contributed by atoms with E-state index in [9.17, 15) is 28.1 Å². The average molecular weight is 422 g/mol. The fourth-order valence-electron chi connectivity index (χ4n) is 2.41. The molecule has 1 amide bonds. The molecule has 156 valence electrons. The molecule has 0 saturated carbocycles. The van der Waals surface area contributed by atoms with Gasteiger partial charge in [0.05, 0.1) is 28.2 Å². The third-order valence-electron chi connectivity index (χ3n) is 3.77. The number of carbonyl (C=O) groups is 1. The van der Waals surface area contributed by atoms with Gasteiger partial charge >= 0.3 is 6.18 Å². The van der Waals surface area contributed by atoms with Crippen LogP contribution in [0.25, 0.3) is 5.69 Å². The van der Waals surface area contributed by atoms with Crippen molar-refractivity contribution in [2.24, 2.45) is 0 Å². The number of pyridine rings is 1. The van der Waals surface area contributed by atoms with Crippen molar-refractivity contribution < 1.29 is 27.6 Å². The lowest BCUT2D eigenvalue weighted by Gasteiger charge is -2.09. The number of anilines is 1. The molecule has 3 aromatic rings. The van der Waals surface area contributed by atoms with Crippen LogP contribution < -0.4 is 10.1 Å². The number of nitrogens with zero attached hydrogens (tertiary/aromatic N) is 5. The normalized spacial score (nSPS) is 11.2. The lowest BCUT2D eigenvalue weighted by Crippen LogP contribution is -2.19. The number of nitro groups is 1. The van der Waals surface area contributed by atoms with E-state index in [0.717, 1.165) is 6.20 Å². The van der Waals surface area contributed by atoms with Crippen LogP contribution in [-0.4, -0.2) is 43.6 Å². The van der Waals surface area contributed by atoms with Gasteiger partial charge in [-0.05, 0) is 19.1 Å². The van der Waals surface area contributed by atoms with Gasteiger partial charge in [-0.2, -0.15) is 13.2 Å². The number of aromatic nitrogens is 4. The molecule has 1 N–H and O–H groups in total. The van der Waals surface area contributed by atoms with Gasteiger partial charge in [0.15, 0.2) is 12.3 Å². The molecule has 0 aliphatic heterocycles. The van der Waals surface area contributed by atoms with E-state index in [4.69, 9.17) is 0 Å². The van der Waals surface area contributed by atoms with Crippen LogP contribution in [0.15, 0.2) is 42.6 Å². The molecular formula is C17H13F3N6O4. The van der Waals surface area contributed by atoms with Crippen LogP contribution in [0.5, 0.6) is 5.88 Å². The summed E-state index contributed by atoms with van der Waals surface area (Å²) in [4.78, 5) is 26.5. The number of non-ortho nitro benzene ring substituents is 1. The van der Waals surface area contributed by atoms with Crippen LogP contribution in [0.2, 0.25) is 0 Å². The largest absolute Gasteiger partial charge is 0.468 e. The zero-order valence-electron chi connectivity index (χ0n) is 15.3. The molecule has 13 heteroatoms. The number of nitro benzene ring substituents is 1. The summed E-state index contributed by atoms with van der Waals surface area (Å²) < 4.78 is 42.2. The van der Waals surface area contributed by atoms with Crippen molar-refractivity contribution in [3.63, 3.8) is 0 Å². The molecule has 1 aromatic carbocycles. The minimum absolute atomic E-state index is 0.0427. The van der Waals surface area contributed by atoms with Crippen LogP contribution in [0, 0.1) is 17.0 Å². The summed E-state index contributed by atoms with van der Waals surface area (Å²) >= 11 is 0. The topological polar surface area (TPSA) is 125 Å². The maximum absolute atomic E-state index is 12.5. The van der Waals surface area contributed by atoms with Crippen molar-refractivity contribution in [3.05, 3.63) is 64.1 Å². The number of amides is 1. The Morgan fingerprint density at radius 2 is 2.07 bits per heavy atom. The van der Waals surface area contributed by atoms with Gasteiger partial charge in [-0.1, -0.05) is 11.3 Å². The second kappa shape index (κ2) is 8.14. The monoisotopic (exact) mass is 422 g/mol. The maximum atomic E-state index is 12.5. The van der Waals surface area contributed by atoms with Gasteiger partial charge in [0, 0.05) is 18.2 Å². The lowest BCUT2D eigenvalue weighted by atomic mass is 10.2. The summed E-state index contributed by atoms with van der Waals surface area (Å²) in [6.45, 7) is 0.0751. The fourth-order valence-corrected chi connectivity index (χ4v) is 2.41. The van der Waals surface area contributed by atoms with E-state index in [-0.39, 0.29) is 22.9 Å². The molecule has 2 heterocycles. The summed E-state index contributed by atoms with van der Waals surface area (Å²) in [6.07, 6.45) is -3.36. The Bertz CT molecular complexity index is 1080. The van der Waals surface area contributed by atoms with Gasteiger partial charge in [-0.3, -0.25) is 14.9 Å². The van der Waals surface area contributed by atoms with Crippen molar-refractivity contribution in [1.82, 2.24) is 20.0 Å². The van der Waals surface area contributed by atoms with Crippen LogP contribution >= 0.6 is 0 Å². The first-order valence-electron chi connectivity index (χ1n) is 8.28. The third kappa shape index (κ3) is 4.87. The van der Waals surface area contributed by atoms with Crippen LogP contribution in [0.4, 0.5) is 24.5 Å². The highest BCUT2D eigenvalue weighted by Crippen LogP contribution is 2.20. The molecule has 0 atom stereocenters. The van der Waals surface area contributed by atoms with Crippen LogP contribution in [0.1, 0.15) is 16.2 Å². The van der Waals surface area contributed by atoms with Gasteiger partial charge in [0.1, 0.15) is 0 Å². The van der Waals surface area contributed by atoms with Crippen LogP contribution in [0.3, 0.4) is 0 Å². The Morgan fingerprint density at radius 1 is 1.30 bits per heavy atom. The standard InChI is InChI=1S/C17H13F3N6O4/c1-10-15(23-24-25(10)12-3-2-4-13(7-12)26(28)29)16(27)22-11-5-6-14(21-8-11)30-9-17(18,19)20/h2-8H,9H2,1H3,(H,22,27). The predicted octanol–water partition coefficient (Wildman–Crippen LogP) is 3.07. The summed E-state index contributed by atoms with van der Waals surface area (Å²) in [6, 6.07) is 8.14. The number of ether oxygens (including phenoxy) is 1. The summed E-state index contributed by atoms with van der Waals surface area (Å²) in [5, 5.41) is 21.1. The second-order valence-electron chi connectivity index (χ2n) is 5.96. The van der Waals surface area contributed by atoms with Gasteiger partial charge in [-0.25, -0.2) is 9.67 Å². The van der Waals surface area contributed by atoms with E-state index in [0.29, 0.717) is 11.4 Å². The molecule has 0 fully saturated rings. The highest BCUT2D eigenvalue weighted by atomic mass is 19.4. The molecule has 2 aromatic heterocycles. The van der Waals surface area contributed by atoms with Crippen molar-refractivity contribution >= 4 is 17.3 Å². The molecule has 0 bridgehead atoms. The third-order valence-corrected chi connectivity index (χ3v) is 3.77. The molecule has 0 aliphatic carbocycles. The van der Waals surface area contributed by atoms with Gasteiger partial charge in [0.25, 0.3) is 11.6 Å². The minimum Gasteiger partial charge on any atom is -0.468 e. The molecule has 3 rings (SSSR count). The van der Waals surface area contributed by atoms with Gasteiger partial charge in [0.2, 0.25) is 5.88 Å². The van der Waals surface area contributed by atoms with Crippen LogP contribution in [-0.2, 0) is 0 Å². The average Bonchev–Trinajstić information content (AvgIpc) is 3.08. The molecule has 0 spiro atoms. The van der Waals surface area contributed by atoms with E-state index in [2.05, 4.69) is 25.3 Å². The Kier molecular flexibility index (Phi) is 5.62. The number of hydrogen-bond donors (Lipinski definition) is 1. The van der Waals surface area contributed by atoms with Gasteiger partial charge in [-0.15, -0.1) is 5.10 Å². The van der Waals surface area contributed by atoms with Crippen molar-refractivity contribution in [2.45, 2.75) is 13.1 Å². The predicted molar refractivity (Wildman–Crippen MR) is 96.5 cm³/mol.